The minimum Gasteiger partial charge on any atom is -0.383 e. The zero-order chi connectivity index (χ0) is 15.2. The summed E-state index contributed by atoms with van der Waals surface area (Å²) in [5.74, 6) is 0.847. The van der Waals surface area contributed by atoms with Gasteiger partial charge < -0.3 is 20.3 Å². The molecule has 1 atom stereocenters. The first-order valence-corrected chi connectivity index (χ1v) is 8.04. The van der Waals surface area contributed by atoms with Crippen LogP contribution in [0.2, 0.25) is 0 Å². The fraction of sp³-hybridized carbons (Fsp3) is 0.769. The fourth-order valence-corrected chi connectivity index (χ4v) is 3.13. The van der Waals surface area contributed by atoms with Crippen LogP contribution in [0.25, 0.3) is 0 Å². The van der Waals surface area contributed by atoms with E-state index >= 15 is 0 Å². The van der Waals surface area contributed by atoms with E-state index in [0.717, 1.165) is 43.4 Å². The van der Waals surface area contributed by atoms with Gasteiger partial charge in [-0.25, -0.2) is 4.98 Å². The van der Waals surface area contributed by atoms with Gasteiger partial charge in [0, 0.05) is 51.2 Å². The highest BCUT2D eigenvalue weighted by Crippen LogP contribution is 2.19. The van der Waals surface area contributed by atoms with Gasteiger partial charge >= 0.3 is 0 Å². The highest BCUT2D eigenvalue weighted by Gasteiger charge is 2.24. The van der Waals surface area contributed by atoms with Crippen LogP contribution in [0.4, 0.5) is 5.13 Å². The number of anilines is 1. The fourth-order valence-electron chi connectivity index (χ4n) is 2.33. The molecule has 0 aliphatic carbocycles. The number of ether oxygens (including phenoxy) is 1. The first kappa shape index (κ1) is 22.3. The molecule has 134 valence electrons. The van der Waals surface area contributed by atoms with Gasteiger partial charge in [-0.15, -0.1) is 24.8 Å². The predicted molar refractivity (Wildman–Crippen MR) is 97.0 cm³/mol. The van der Waals surface area contributed by atoms with Crippen LogP contribution in [0.15, 0.2) is 0 Å². The topological polar surface area (TPSA) is 84.6 Å². The second-order valence-electron chi connectivity index (χ2n) is 5.07. The van der Waals surface area contributed by atoms with Gasteiger partial charge in [0.2, 0.25) is 11.0 Å². The minimum absolute atomic E-state index is 0. The van der Waals surface area contributed by atoms with Gasteiger partial charge in [0.05, 0.1) is 6.61 Å². The Hall–Kier alpha value is -0.670. The quantitative estimate of drug-likeness (QED) is 0.812. The summed E-state index contributed by atoms with van der Waals surface area (Å²) in [6.07, 6.45) is 1.76. The second-order valence-corrected chi connectivity index (χ2v) is 5.80. The van der Waals surface area contributed by atoms with Crippen LogP contribution in [0.5, 0.6) is 0 Å². The molecule has 2 N–H and O–H groups in total. The van der Waals surface area contributed by atoms with Crippen LogP contribution in [0, 0.1) is 0 Å². The number of nitrogens with two attached hydrogens (primary N) is 1. The first-order valence-electron chi connectivity index (χ1n) is 7.26. The Kier molecular flexibility index (Phi) is 10.7. The predicted octanol–water partition coefficient (Wildman–Crippen LogP) is 0.957. The number of carbonyl (C=O) groups excluding carboxylic acids is 1. The van der Waals surface area contributed by atoms with E-state index < -0.39 is 6.04 Å². The van der Waals surface area contributed by atoms with Crippen LogP contribution in [0.3, 0.4) is 0 Å². The molecule has 1 aliphatic rings. The SMILES string of the molecule is CCc1nsc(N2CCCN(C(=O)C(N)COC)CC2)n1.Cl.Cl. The molecule has 1 aromatic rings. The molecule has 0 bridgehead atoms. The Morgan fingerprint density at radius 2 is 2.09 bits per heavy atom. The Labute approximate surface area is 153 Å². The molecule has 1 aliphatic heterocycles. The molecule has 0 radical (unpaired) electrons. The highest BCUT2D eigenvalue weighted by molar-refractivity contribution is 7.09. The lowest BCUT2D eigenvalue weighted by Gasteiger charge is -2.24. The standard InChI is InChI=1S/C13H23N5O2S.2ClH/c1-3-11-15-13(21-16-11)18-6-4-5-17(7-8-18)12(19)10(14)9-20-2;;/h10H,3-9,14H2,1-2H3;2*1H. The maximum absolute atomic E-state index is 12.2. The van der Waals surface area contributed by atoms with E-state index in [4.69, 9.17) is 10.5 Å². The summed E-state index contributed by atoms with van der Waals surface area (Å²) in [6, 6.07) is -0.574. The number of nitrogens with zero attached hydrogens (tertiary/aromatic N) is 4. The highest BCUT2D eigenvalue weighted by atomic mass is 35.5. The number of aromatic nitrogens is 2. The third-order valence-corrected chi connectivity index (χ3v) is 4.33. The molecule has 0 spiro atoms. The van der Waals surface area contributed by atoms with Gasteiger partial charge in [0.15, 0.2) is 0 Å². The number of aryl methyl sites for hydroxylation is 1. The maximum atomic E-state index is 12.2. The van der Waals surface area contributed by atoms with Crippen molar-refractivity contribution in [1.29, 1.82) is 0 Å². The maximum Gasteiger partial charge on any atom is 0.241 e. The summed E-state index contributed by atoms with van der Waals surface area (Å²) in [6.45, 7) is 5.36. The van der Waals surface area contributed by atoms with E-state index in [0.29, 0.717) is 6.54 Å². The molecule has 0 saturated carbocycles. The van der Waals surface area contributed by atoms with Gasteiger partial charge in [-0.05, 0) is 6.42 Å². The summed E-state index contributed by atoms with van der Waals surface area (Å²) in [5, 5.41) is 0.947. The Balaban J connectivity index is 0.00000242. The lowest BCUT2D eigenvalue weighted by Crippen LogP contribution is -2.47. The van der Waals surface area contributed by atoms with Crippen LogP contribution < -0.4 is 10.6 Å². The van der Waals surface area contributed by atoms with E-state index in [1.165, 1.54) is 11.5 Å². The molecule has 1 fully saturated rings. The number of methoxy groups -OCH3 is 1. The van der Waals surface area contributed by atoms with Crippen molar-refractivity contribution in [3.8, 4) is 0 Å². The molecule has 23 heavy (non-hydrogen) atoms. The Bertz CT molecular complexity index is 477. The zero-order valence-corrected chi connectivity index (χ0v) is 15.9. The van der Waals surface area contributed by atoms with Crippen LogP contribution in [-0.2, 0) is 16.0 Å². The monoisotopic (exact) mass is 385 g/mol. The van der Waals surface area contributed by atoms with E-state index in [2.05, 4.69) is 14.3 Å². The van der Waals surface area contributed by atoms with Crippen molar-refractivity contribution in [2.75, 3.05) is 44.8 Å². The number of hydrogen-bond donors (Lipinski definition) is 1. The number of rotatable bonds is 5. The van der Waals surface area contributed by atoms with Crippen molar-refractivity contribution in [2.45, 2.75) is 25.8 Å². The molecule has 1 amide bonds. The summed E-state index contributed by atoms with van der Waals surface area (Å²) in [4.78, 5) is 20.8. The van der Waals surface area contributed by atoms with Crippen molar-refractivity contribution in [2.24, 2.45) is 5.73 Å². The largest absolute Gasteiger partial charge is 0.383 e. The van der Waals surface area contributed by atoms with Crippen LogP contribution in [-0.4, -0.2) is 66.1 Å². The number of amides is 1. The molecule has 7 nitrogen and oxygen atoms in total. The average molecular weight is 386 g/mol. The van der Waals surface area contributed by atoms with Crippen LogP contribution >= 0.6 is 36.3 Å². The zero-order valence-electron chi connectivity index (χ0n) is 13.4. The Morgan fingerprint density at radius 1 is 1.35 bits per heavy atom. The smallest absolute Gasteiger partial charge is 0.241 e. The van der Waals surface area contributed by atoms with Crippen molar-refractivity contribution >= 4 is 47.4 Å². The molecular weight excluding hydrogens is 361 g/mol. The van der Waals surface area contributed by atoms with E-state index in [1.807, 2.05) is 11.8 Å². The lowest BCUT2D eigenvalue weighted by molar-refractivity contribution is -0.133. The van der Waals surface area contributed by atoms with Gasteiger partial charge in [-0.3, -0.25) is 4.79 Å². The molecule has 2 heterocycles. The molecule has 0 aromatic carbocycles. The number of carbonyl (C=O) groups is 1. The summed E-state index contributed by atoms with van der Waals surface area (Å²) >= 11 is 1.43. The lowest BCUT2D eigenvalue weighted by atomic mass is 10.2. The van der Waals surface area contributed by atoms with E-state index in [9.17, 15) is 4.79 Å². The third kappa shape index (κ3) is 6.04. The molecular formula is C13H25Cl2N5O2S. The van der Waals surface area contributed by atoms with Gasteiger partial charge in [-0.2, -0.15) is 4.37 Å². The number of hydrogen-bond acceptors (Lipinski definition) is 7. The molecule has 1 aromatic heterocycles. The normalized spacial score (nSPS) is 16.1. The van der Waals surface area contributed by atoms with Crippen molar-refractivity contribution in [3.05, 3.63) is 5.82 Å². The summed E-state index contributed by atoms with van der Waals surface area (Å²) in [7, 11) is 1.55. The van der Waals surface area contributed by atoms with Crippen molar-refractivity contribution < 1.29 is 9.53 Å². The molecule has 1 unspecified atom stereocenters. The van der Waals surface area contributed by atoms with Crippen molar-refractivity contribution in [3.63, 3.8) is 0 Å². The van der Waals surface area contributed by atoms with Gasteiger partial charge in [0.25, 0.3) is 0 Å². The Morgan fingerprint density at radius 3 is 2.70 bits per heavy atom. The van der Waals surface area contributed by atoms with Gasteiger partial charge in [0.1, 0.15) is 11.9 Å². The summed E-state index contributed by atoms with van der Waals surface area (Å²) in [5.41, 5.74) is 5.83. The number of halogens is 2. The molecule has 10 heteroatoms. The third-order valence-electron chi connectivity index (χ3n) is 3.52. The van der Waals surface area contributed by atoms with Crippen LogP contribution in [0.1, 0.15) is 19.2 Å². The molecule has 1 saturated heterocycles. The van der Waals surface area contributed by atoms with Crippen molar-refractivity contribution in [1.82, 2.24) is 14.3 Å². The molecule has 2 rings (SSSR count). The minimum atomic E-state index is -0.574. The van der Waals surface area contributed by atoms with Gasteiger partial charge in [-0.1, -0.05) is 6.92 Å². The first-order chi connectivity index (χ1) is 10.2. The van der Waals surface area contributed by atoms with E-state index in [1.54, 1.807) is 7.11 Å². The summed E-state index contributed by atoms with van der Waals surface area (Å²) < 4.78 is 9.27. The van der Waals surface area contributed by atoms with E-state index in [-0.39, 0.29) is 37.3 Å². The second kappa shape index (κ2) is 11.0. The average Bonchev–Trinajstić information content (AvgIpc) is 2.84.